The number of aryl methyl sites for hydroxylation is 1. The van der Waals surface area contributed by atoms with Crippen LogP contribution in [0, 0.1) is 18.3 Å². The normalized spacial score (nSPS) is 23.4. The van der Waals surface area contributed by atoms with Crippen LogP contribution in [0.5, 0.6) is 11.5 Å². The van der Waals surface area contributed by atoms with Gasteiger partial charge < -0.3 is 10.1 Å². The molecule has 118 valence electrons. The molecule has 3 nitrogen and oxygen atoms in total. The third-order valence-corrected chi connectivity index (χ3v) is 4.34. The predicted octanol–water partition coefficient (Wildman–Crippen LogP) is 4.23. The lowest BCUT2D eigenvalue weighted by Gasteiger charge is -2.27. The number of benzene rings is 2. The van der Waals surface area contributed by atoms with Crippen molar-refractivity contribution < 1.29 is 9.13 Å². The summed E-state index contributed by atoms with van der Waals surface area (Å²) >= 11 is 0. The SMILES string of the molecule is Cc1ccccc1Oc1ccc([C@@]2(CC#N)C[C@H](F)CN2)cc1. The van der Waals surface area contributed by atoms with Crippen molar-refractivity contribution >= 4 is 0 Å². The minimum absolute atomic E-state index is 0.255. The molecule has 1 saturated heterocycles. The second kappa shape index (κ2) is 6.39. The second-order valence-corrected chi connectivity index (χ2v) is 5.99. The fourth-order valence-electron chi connectivity index (χ4n) is 3.06. The van der Waals surface area contributed by atoms with E-state index in [1.54, 1.807) is 0 Å². The van der Waals surface area contributed by atoms with Crippen LogP contribution in [0.4, 0.5) is 4.39 Å². The summed E-state index contributed by atoms with van der Waals surface area (Å²) in [6.45, 7) is 2.29. The van der Waals surface area contributed by atoms with Crippen molar-refractivity contribution in [2.24, 2.45) is 0 Å². The highest BCUT2D eigenvalue weighted by Crippen LogP contribution is 2.36. The van der Waals surface area contributed by atoms with Gasteiger partial charge in [-0.25, -0.2) is 4.39 Å². The van der Waals surface area contributed by atoms with Gasteiger partial charge >= 0.3 is 0 Å². The predicted molar refractivity (Wildman–Crippen MR) is 87.1 cm³/mol. The van der Waals surface area contributed by atoms with Crippen LogP contribution in [0.1, 0.15) is 24.0 Å². The van der Waals surface area contributed by atoms with Gasteiger partial charge in [-0.3, -0.25) is 0 Å². The van der Waals surface area contributed by atoms with E-state index in [0.29, 0.717) is 13.0 Å². The Morgan fingerprint density at radius 3 is 2.61 bits per heavy atom. The maximum absolute atomic E-state index is 13.6. The molecule has 2 aromatic carbocycles. The van der Waals surface area contributed by atoms with E-state index in [1.807, 2.05) is 55.5 Å². The minimum Gasteiger partial charge on any atom is -0.457 e. The molecule has 2 aromatic rings. The molecule has 0 unspecified atom stereocenters. The quantitative estimate of drug-likeness (QED) is 0.919. The first-order valence-electron chi connectivity index (χ1n) is 7.73. The minimum atomic E-state index is -0.911. The van der Waals surface area contributed by atoms with E-state index < -0.39 is 11.7 Å². The van der Waals surface area contributed by atoms with Gasteiger partial charge in [0.05, 0.1) is 18.0 Å². The Bertz CT molecular complexity index is 723. The van der Waals surface area contributed by atoms with Crippen LogP contribution in [0.3, 0.4) is 0 Å². The first-order valence-corrected chi connectivity index (χ1v) is 7.73. The Labute approximate surface area is 135 Å². The van der Waals surface area contributed by atoms with Gasteiger partial charge in [0.25, 0.3) is 0 Å². The summed E-state index contributed by atoms with van der Waals surface area (Å²) < 4.78 is 19.5. The van der Waals surface area contributed by atoms with E-state index >= 15 is 0 Å². The number of hydrogen-bond acceptors (Lipinski definition) is 3. The average molecular weight is 310 g/mol. The molecule has 2 atom stereocenters. The molecule has 1 heterocycles. The summed E-state index contributed by atoms with van der Waals surface area (Å²) in [6, 6.07) is 17.6. The first kappa shape index (κ1) is 15.5. The van der Waals surface area contributed by atoms with E-state index in [9.17, 15) is 4.39 Å². The Morgan fingerprint density at radius 2 is 2.00 bits per heavy atom. The number of alkyl halides is 1. The van der Waals surface area contributed by atoms with Crippen LogP contribution >= 0.6 is 0 Å². The zero-order valence-corrected chi connectivity index (χ0v) is 13.1. The van der Waals surface area contributed by atoms with Gasteiger partial charge in [-0.1, -0.05) is 30.3 Å². The van der Waals surface area contributed by atoms with Crippen molar-refractivity contribution in [1.82, 2.24) is 5.32 Å². The van der Waals surface area contributed by atoms with Crippen molar-refractivity contribution in [3.05, 3.63) is 59.7 Å². The summed E-state index contributed by atoms with van der Waals surface area (Å²) in [7, 11) is 0. The van der Waals surface area contributed by atoms with Crippen molar-refractivity contribution in [2.75, 3.05) is 6.54 Å². The molecule has 1 aliphatic heterocycles. The summed E-state index contributed by atoms with van der Waals surface area (Å²) in [4.78, 5) is 0. The summed E-state index contributed by atoms with van der Waals surface area (Å²) in [5.41, 5.74) is 1.40. The molecule has 0 saturated carbocycles. The maximum atomic E-state index is 13.6. The van der Waals surface area contributed by atoms with Crippen LogP contribution in [-0.2, 0) is 5.54 Å². The molecule has 0 amide bonds. The zero-order chi connectivity index (χ0) is 16.3. The molecule has 0 aliphatic carbocycles. The lowest BCUT2D eigenvalue weighted by atomic mass is 9.85. The van der Waals surface area contributed by atoms with E-state index in [0.717, 1.165) is 22.6 Å². The number of nitrogens with one attached hydrogen (secondary N) is 1. The second-order valence-electron chi connectivity index (χ2n) is 5.99. The van der Waals surface area contributed by atoms with Gasteiger partial charge in [0.2, 0.25) is 0 Å². The largest absolute Gasteiger partial charge is 0.457 e. The molecular weight excluding hydrogens is 291 g/mol. The highest BCUT2D eigenvalue weighted by atomic mass is 19.1. The maximum Gasteiger partial charge on any atom is 0.130 e. The highest BCUT2D eigenvalue weighted by Gasteiger charge is 2.40. The smallest absolute Gasteiger partial charge is 0.130 e. The highest BCUT2D eigenvalue weighted by molar-refractivity contribution is 5.39. The summed E-state index contributed by atoms with van der Waals surface area (Å²) in [5.74, 6) is 1.54. The molecular formula is C19H19FN2O. The monoisotopic (exact) mass is 310 g/mol. The van der Waals surface area contributed by atoms with Gasteiger partial charge in [0, 0.05) is 13.0 Å². The molecule has 1 fully saturated rings. The van der Waals surface area contributed by atoms with Crippen molar-refractivity contribution in [2.45, 2.75) is 31.5 Å². The molecule has 23 heavy (non-hydrogen) atoms. The third kappa shape index (κ3) is 3.20. The lowest BCUT2D eigenvalue weighted by molar-refractivity contribution is 0.323. The van der Waals surface area contributed by atoms with E-state index in [4.69, 9.17) is 10.00 Å². The van der Waals surface area contributed by atoms with Crippen LogP contribution in [0.25, 0.3) is 0 Å². The van der Waals surface area contributed by atoms with E-state index in [2.05, 4.69) is 11.4 Å². The van der Waals surface area contributed by atoms with Crippen LogP contribution in [-0.4, -0.2) is 12.7 Å². The summed E-state index contributed by atoms with van der Waals surface area (Å²) in [5, 5.41) is 12.3. The number of hydrogen-bond donors (Lipinski definition) is 1. The lowest BCUT2D eigenvalue weighted by Crippen LogP contribution is -2.36. The van der Waals surface area contributed by atoms with Crippen molar-refractivity contribution in [3.63, 3.8) is 0 Å². The summed E-state index contributed by atoms with van der Waals surface area (Å²) in [6.07, 6.45) is -0.324. The van der Waals surface area contributed by atoms with E-state index in [1.165, 1.54) is 0 Å². The molecule has 4 heteroatoms. The number of nitriles is 1. The Morgan fingerprint density at radius 1 is 1.26 bits per heavy atom. The standard InChI is InChI=1S/C19H19FN2O/c1-14-4-2-3-5-18(14)23-17-8-6-15(7-9-17)19(10-11-21)12-16(20)13-22-19/h2-9,16,22H,10,12-13H2,1H3/t16-,19+/m0/s1. The van der Waals surface area contributed by atoms with E-state index in [-0.39, 0.29) is 6.42 Å². The van der Waals surface area contributed by atoms with Crippen LogP contribution in [0.2, 0.25) is 0 Å². The number of halogens is 1. The van der Waals surface area contributed by atoms with Crippen molar-refractivity contribution in [1.29, 1.82) is 5.26 Å². The van der Waals surface area contributed by atoms with Crippen LogP contribution in [0.15, 0.2) is 48.5 Å². The Kier molecular flexibility index (Phi) is 4.31. The van der Waals surface area contributed by atoms with Gasteiger partial charge in [-0.15, -0.1) is 0 Å². The number of rotatable bonds is 4. The molecule has 3 rings (SSSR count). The Hall–Kier alpha value is -2.38. The van der Waals surface area contributed by atoms with Crippen molar-refractivity contribution in [3.8, 4) is 17.6 Å². The molecule has 1 N–H and O–H groups in total. The fourth-order valence-corrected chi connectivity index (χ4v) is 3.06. The number of ether oxygens (including phenoxy) is 1. The molecule has 1 aliphatic rings. The zero-order valence-electron chi connectivity index (χ0n) is 13.1. The third-order valence-electron chi connectivity index (χ3n) is 4.34. The Balaban J connectivity index is 1.82. The topological polar surface area (TPSA) is 45.0 Å². The van der Waals surface area contributed by atoms with Gasteiger partial charge in [0.15, 0.2) is 0 Å². The van der Waals surface area contributed by atoms with Gasteiger partial charge in [0.1, 0.15) is 17.7 Å². The first-order chi connectivity index (χ1) is 11.1. The fraction of sp³-hybridized carbons (Fsp3) is 0.316. The number of nitrogens with zero attached hydrogens (tertiary/aromatic N) is 1. The number of para-hydroxylation sites is 1. The molecule has 0 spiro atoms. The molecule has 0 bridgehead atoms. The van der Waals surface area contributed by atoms with Crippen LogP contribution < -0.4 is 10.1 Å². The average Bonchev–Trinajstić information content (AvgIpc) is 2.93. The molecule has 0 aromatic heterocycles. The molecule has 0 radical (unpaired) electrons. The van der Waals surface area contributed by atoms with Gasteiger partial charge in [-0.05, 0) is 36.2 Å². The van der Waals surface area contributed by atoms with Gasteiger partial charge in [-0.2, -0.15) is 5.26 Å².